The number of amides is 2. The van der Waals surface area contributed by atoms with Gasteiger partial charge in [0.1, 0.15) is 6.04 Å². The number of carbonyl (C=O) groups excluding carboxylic acids is 3. The lowest BCUT2D eigenvalue weighted by atomic mass is 9.87. The van der Waals surface area contributed by atoms with E-state index in [4.69, 9.17) is 4.74 Å². The zero-order valence-electron chi connectivity index (χ0n) is 19.5. The second-order valence-electron chi connectivity index (χ2n) is 9.04. The van der Waals surface area contributed by atoms with Crippen LogP contribution in [0.4, 0.5) is 0 Å². The number of ether oxygens (including phenoxy) is 1. The third-order valence-corrected chi connectivity index (χ3v) is 5.57. The molecule has 0 unspecified atom stereocenters. The number of benzene rings is 2. The molecule has 174 valence electrons. The van der Waals surface area contributed by atoms with E-state index in [0.29, 0.717) is 12.0 Å². The van der Waals surface area contributed by atoms with Crippen LogP contribution in [0.25, 0.3) is 10.9 Å². The Labute approximate surface area is 193 Å². The van der Waals surface area contributed by atoms with Crippen LogP contribution >= 0.6 is 0 Å². The molecule has 0 saturated carbocycles. The Morgan fingerprint density at radius 1 is 1.03 bits per heavy atom. The van der Waals surface area contributed by atoms with E-state index in [-0.39, 0.29) is 30.2 Å². The molecule has 0 fully saturated rings. The molecule has 1 aromatic heterocycles. The molecule has 0 bridgehead atoms. The Bertz CT molecular complexity index is 1130. The second kappa shape index (κ2) is 10.3. The van der Waals surface area contributed by atoms with Crippen molar-refractivity contribution < 1.29 is 19.1 Å². The number of carbonyl (C=O) groups is 3. The number of fused-ring (bicyclic) bond motifs is 1. The number of esters is 1. The van der Waals surface area contributed by atoms with Gasteiger partial charge in [0.05, 0.1) is 7.11 Å². The highest BCUT2D eigenvalue weighted by molar-refractivity contribution is 5.94. The first-order chi connectivity index (χ1) is 15.7. The van der Waals surface area contributed by atoms with Gasteiger partial charge >= 0.3 is 5.97 Å². The van der Waals surface area contributed by atoms with Crippen molar-refractivity contribution in [2.75, 3.05) is 13.7 Å². The van der Waals surface area contributed by atoms with Gasteiger partial charge in [0.2, 0.25) is 5.91 Å². The number of aromatic amines is 1. The number of H-pyrrole nitrogens is 1. The largest absolute Gasteiger partial charge is 0.467 e. The van der Waals surface area contributed by atoms with Crippen LogP contribution in [-0.4, -0.2) is 42.5 Å². The van der Waals surface area contributed by atoms with Crippen molar-refractivity contribution in [3.63, 3.8) is 0 Å². The number of hydrogen-bond acceptors (Lipinski definition) is 4. The van der Waals surface area contributed by atoms with E-state index < -0.39 is 12.0 Å². The van der Waals surface area contributed by atoms with Crippen molar-refractivity contribution in [1.29, 1.82) is 0 Å². The number of methoxy groups -OCH3 is 1. The first-order valence-electron chi connectivity index (χ1n) is 11.0. The van der Waals surface area contributed by atoms with Gasteiger partial charge in [-0.3, -0.25) is 9.59 Å². The van der Waals surface area contributed by atoms with Crippen molar-refractivity contribution >= 4 is 28.7 Å². The third kappa shape index (κ3) is 6.22. The molecule has 1 heterocycles. The van der Waals surface area contributed by atoms with Crippen LogP contribution in [0.3, 0.4) is 0 Å². The highest BCUT2D eigenvalue weighted by Gasteiger charge is 2.23. The van der Waals surface area contributed by atoms with Crippen LogP contribution in [0.15, 0.2) is 54.7 Å². The van der Waals surface area contributed by atoms with Gasteiger partial charge in [0.15, 0.2) is 0 Å². The van der Waals surface area contributed by atoms with Gasteiger partial charge in [-0.1, -0.05) is 51.1 Å². The molecule has 7 heteroatoms. The third-order valence-electron chi connectivity index (χ3n) is 5.57. The maximum Gasteiger partial charge on any atom is 0.328 e. The maximum atomic E-state index is 12.5. The molecule has 2 amide bonds. The van der Waals surface area contributed by atoms with E-state index in [1.807, 2.05) is 42.6 Å². The summed E-state index contributed by atoms with van der Waals surface area (Å²) in [4.78, 5) is 40.3. The van der Waals surface area contributed by atoms with Crippen LogP contribution in [0.5, 0.6) is 0 Å². The Morgan fingerprint density at radius 2 is 1.73 bits per heavy atom. The van der Waals surface area contributed by atoms with Gasteiger partial charge in [-0.15, -0.1) is 0 Å². The molecule has 2 aromatic carbocycles. The summed E-state index contributed by atoms with van der Waals surface area (Å²) in [5.74, 6) is -1.10. The molecule has 0 radical (unpaired) electrons. The minimum Gasteiger partial charge on any atom is -0.467 e. The van der Waals surface area contributed by atoms with Gasteiger partial charge in [-0.25, -0.2) is 4.79 Å². The molecule has 0 aliphatic rings. The molecule has 1 atom stereocenters. The predicted octanol–water partition coefficient (Wildman–Crippen LogP) is 3.49. The van der Waals surface area contributed by atoms with Gasteiger partial charge in [0.25, 0.3) is 5.91 Å². The van der Waals surface area contributed by atoms with Gasteiger partial charge in [-0.2, -0.15) is 0 Å². The molecular formula is C26H31N3O4. The van der Waals surface area contributed by atoms with E-state index in [2.05, 4.69) is 36.4 Å². The fraction of sp³-hybridized carbons (Fsp3) is 0.346. The summed E-state index contributed by atoms with van der Waals surface area (Å²) in [7, 11) is 1.29. The molecule has 0 saturated heterocycles. The average molecular weight is 450 g/mol. The fourth-order valence-electron chi connectivity index (χ4n) is 3.64. The maximum absolute atomic E-state index is 12.5. The van der Waals surface area contributed by atoms with E-state index in [1.54, 1.807) is 12.1 Å². The van der Waals surface area contributed by atoms with Gasteiger partial charge in [0, 0.05) is 42.0 Å². The van der Waals surface area contributed by atoms with Crippen LogP contribution in [0, 0.1) is 0 Å². The summed E-state index contributed by atoms with van der Waals surface area (Å²) in [5.41, 5.74) is 3.56. The minimum atomic E-state index is -0.817. The van der Waals surface area contributed by atoms with E-state index in [0.717, 1.165) is 22.0 Å². The zero-order valence-corrected chi connectivity index (χ0v) is 19.5. The lowest BCUT2D eigenvalue weighted by molar-refractivity contribution is -0.145. The minimum absolute atomic E-state index is 0.00988. The van der Waals surface area contributed by atoms with E-state index in [9.17, 15) is 14.4 Å². The molecule has 0 aliphatic carbocycles. The first kappa shape index (κ1) is 24.0. The summed E-state index contributed by atoms with van der Waals surface area (Å²) in [6.07, 6.45) is 2.18. The Hall–Kier alpha value is -3.61. The number of hydrogen-bond donors (Lipinski definition) is 3. The summed E-state index contributed by atoms with van der Waals surface area (Å²) >= 11 is 0. The predicted molar refractivity (Wildman–Crippen MR) is 128 cm³/mol. The Morgan fingerprint density at radius 3 is 2.39 bits per heavy atom. The van der Waals surface area contributed by atoms with Crippen LogP contribution in [-0.2, 0) is 26.2 Å². The highest BCUT2D eigenvalue weighted by atomic mass is 16.5. The lowest BCUT2D eigenvalue weighted by Gasteiger charge is -2.19. The molecule has 0 aliphatic heterocycles. The average Bonchev–Trinajstić information content (AvgIpc) is 3.20. The molecule has 3 rings (SSSR count). The van der Waals surface area contributed by atoms with Crippen LogP contribution < -0.4 is 10.6 Å². The van der Waals surface area contributed by atoms with Gasteiger partial charge < -0.3 is 20.4 Å². The SMILES string of the molecule is COC(=O)[C@@H](Cc1c[nH]c2ccccc12)NC(=O)CCNC(=O)c1ccc(C(C)(C)C)cc1. The highest BCUT2D eigenvalue weighted by Crippen LogP contribution is 2.22. The molecule has 33 heavy (non-hydrogen) atoms. The zero-order chi connectivity index (χ0) is 24.0. The Kier molecular flexibility index (Phi) is 7.53. The quantitative estimate of drug-likeness (QED) is 0.458. The number of rotatable bonds is 8. The summed E-state index contributed by atoms with van der Waals surface area (Å²) in [6, 6.07) is 14.4. The normalized spacial score (nSPS) is 12.2. The molecule has 3 N–H and O–H groups in total. The van der Waals surface area contributed by atoms with Gasteiger partial charge in [-0.05, 0) is 34.7 Å². The smallest absolute Gasteiger partial charge is 0.328 e. The van der Waals surface area contributed by atoms with Crippen LogP contribution in [0.1, 0.15) is 48.7 Å². The van der Waals surface area contributed by atoms with Crippen molar-refractivity contribution in [2.24, 2.45) is 0 Å². The fourth-order valence-corrected chi connectivity index (χ4v) is 3.64. The second-order valence-corrected chi connectivity index (χ2v) is 9.04. The van der Waals surface area contributed by atoms with Crippen LogP contribution in [0.2, 0.25) is 0 Å². The lowest BCUT2D eigenvalue weighted by Crippen LogP contribution is -2.44. The molecule has 7 nitrogen and oxygen atoms in total. The molecular weight excluding hydrogens is 418 g/mol. The summed E-state index contributed by atoms with van der Waals surface area (Å²) in [5, 5.41) is 6.47. The number of para-hydroxylation sites is 1. The van der Waals surface area contributed by atoms with Crippen molar-refractivity contribution in [2.45, 2.75) is 45.1 Å². The summed E-state index contributed by atoms with van der Waals surface area (Å²) in [6.45, 7) is 6.50. The first-order valence-corrected chi connectivity index (χ1v) is 11.0. The molecule has 0 spiro atoms. The number of nitrogens with one attached hydrogen (secondary N) is 3. The van der Waals surface area contributed by atoms with E-state index >= 15 is 0 Å². The van der Waals surface area contributed by atoms with Crippen molar-refractivity contribution in [3.05, 3.63) is 71.4 Å². The summed E-state index contributed by atoms with van der Waals surface area (Å²) < 4.78 is 4.87. The number of aromatic nitrogens is 1. The monoisotopic (exact) mass is 449 g/mol. The Balaban J connectivity index is 1.54. The molecule has 3 aromatic rings. The topological polar surface area (TPSA) is 100 Å². The van der Waals surface area contributed by atoms with Crippen molar-refractivity contribution in [1.82, 2.24) is 15.6 Å². The van der Waals surface area contributed by atoms with Crippen molar-refractivity contribution in [3.8, 4) is 0 Å². The standard InChI is InChI=1S/C26H31N3O4/c1-26(2,3)19-11-9-17(10-12-19)24(31)27-14-13-23(30)29-22(25(32)33-4)15-18-16-28-21-8-6-5-7-20(18)21/h5-12,16,22,28H,13-15H2,1-4H3,(H,27,31)(H,29,30)/t22-/m1/s1. The van der Waals surface area contributed by atoms with E-state index in [1.165, 1.54) is 7.11 Å².